The highest BCUT2D eigenvalue weighted by Gasteiger charge is 2.14. The molecule has 0 saturated carbocycles. The predicted molar refractivity (Wildman–Crippen MR) is 91.5 cm³/mol. The van der Waals surface area contributed by atoms with E-state index in [-0.39, 0.29) is 12.0 Å². The molecule has 2 aromatic heterocycles. The monoisotopic (exact) mass is 357 g/mol. The first-order chi connectivity index (χ1) is 12.4. The number of nitrogens with one attached hydrogen (secondary N) is 3. The standard InChI is InChI=1S/C17H16FN5O3/c1-10(21-15(24)6-11-7-19-17(26)22-16(11)25)12-8-20-23(9-12)14-5-3-2-4-13(14)18/h2-5,7-10H,6H2,1H3,(H,21,24)(H2,19,22,25,26). The van der Waals surface area contributed by atoms with Crippen molar-refractivity contribution >= 4 is 5.91 Å². The predicted octanol–water partition coefficient (Wildman–Crippen LogP) is 0.808. The summed E-state index contributed by atoms with van der Waals surface area (Å²) in [5, 5.41) is 6.85. The summed E-state index contributed by atoms with van der Waals surface area (Å²) < 4.78 is 15.2. The van der Waals surface area contributed by atoms with Crippen LogP contribution in [0.3, 0.4) is 0 Å². The second kappa shape index (κ2) is 7.18. The van der Waals surface area contributed by atoms with Gasteiger partial charge in [0.15, 0.2) is 0 Å². The maximum absolute atomic E-state index is 13.8. The Morgan fingerprint density at radius 1 is 1.35 bits per heavy atom. The number of amides is 1. The minimum atomic E-state index is -0.631. The normalized spacial score (nSPS) is 11.9. The average Bonchev–Trinajstić information content (AvgIpc) is 3.08. The molecule has 8 nitrogen and oxygen atoms in total. The molecule has 0 saturated heterocycles. The highest BCUT2D eigenvalue weighted by Crippen LogP contribution is 2.16. The summed E-state index contributed by atoms with van der Waals surface area (Å²) in [5.74, 6) is -0.801. The molecule has 0 radical (unpaired) electrons. The zero-order valence-electron chi connectivity index (χ0n) is 13.8. The maximum Gasteiger partial charge on any atom is 0.325 e. The minimum absolute atomic E-state index is 0.149. The zero-order valence-corrected chi connectivity index (χ0v) is 13.8. The summed E-state index contributed by atoms with van der Waals surface area (Å²) in [6, 6.07) is 5.82. The molecule has 1 unspecified atom stereocenters. The van der Waals surface area contributed by atoms with Crippen LogP contribution in [0.4, 0.5) is 4.39 Å². The van der Waals surface area contributed by atoms with Gasteiger partial charge in [0.1, 0.15) is 11.5 Å². The summed E-state index contributed by atoms with van der Waals surface area (Å²) in [6.07, 6.45) is 4.18. The van der Waals surface area contributed by atoms with E-state index >= 15 is 0 Å². The van der Waals surface area contributed by atoms with E-state index in [1.54, 1.807) is 31.3 Å². The van der Waals surface area contributed by atoms with Crippen LogP contribution in [0, 0.1) is 5.82 Å². The Morgan fingerprint density at radius 2 is 2.12 bits per heavy atom. The molecule has 1 atom stereocenters. The molecule has 3 rings (SSSR count). The molecule has 2 heterocycles. The molecule has 0 aliphatic heterocycles. The molecule has 1 aromatic carbocycles. The number of benzene rings is 1. The average molecular weight is 357 g/mol. The smallest absolute Gasteiger partial charge is 0.325 e. The molecule has 26 heavy (non-hydrogen) atoms. The number of para-hydroxylation sites is 1. The minimum Gasteiger partial charge on any atom is -0.349 e. The van der Waals surface area contributed by atoms with Crippen LogP contribution >= 0.6 is 0 Å². The van der Waals surface area contributed by atoms with Crippen molar-refractivity contribution in [1.82, 2.24) is 25.1 Å². The van der Waals surface area contributed by atoms with Crippen molar-refractivity contribution in [3.05, 3.63) is 80.6 Å². The van der Waals surface area contributed by atoms with Crippen LogP contribution in [0.2, 0.25) is 0 Å². The molecule has 0 aliphatic carbocycles. The van der Waals surface area contributed by atoms with E-state index in [0.717, 1.165) is 0 Å². The first kappa shape index (κ1) is 17.3. The molecule has 3 N–H and O–H groups in total. The van der Waals surface area contributed by atoms with Crippen LogP contribution in [0.15, 0.2) is 52.4 Å². The van der Waals surface area contributed by atoms with E-state index in [0.29, 0.717) is 11.3 Å². The number of aromatic amines is 2. The SMILES string of the molecule is CC(NC(=O)Cc1c[nH]c(=O)[nH]c1=O)c1cnn(-c2ccccc2F)c1. The number of nitrogens with zero attached hydrogens (tertiary/aromatic N) is 2. The Bertz CT molecular complexity index is 1050. The molecular weight excluding hydrogens is 341 g/mol. The van der Waals surface area contributed by atoms with Crippen molar-refractivity contribution in [1.29, 1.82) is 0 Å². The maximum atomic E-state index is 13.8. The lowest BCUT2D eigenvalue weighted by atomic mass is 10.1. The van der Waals surface area contributed by atoms with Gasteiger partial charge in [-0.2, -0.15) is 5.10 Å². The number of carbonyl (C=O) groups is 1. The second-order valence-electron chi connectivity index (χ2n) is 5.73. The fraction of sp³-hybridized carbons (Fsp3) is 0.176. The van der Waals surface area contributed by atoms with Gasteiger partial charge in [0.25, 0.3) is 5.56 Å². The molecular formula is C17H16FN5O3. The zero-order chi connectivity index (χ0) is 18.7. The summed E-state index contributed by atoms with van der Waals surface area (Å²) >= 11 is 0. The number of halogens is 1. The molecule has 3 aromatic rings. The van der Waals surface area contributed by atoms with Crippen LogP contribution in [-0.2, 0) is 11.2 Å². The Kier molecular flexibility index (Phi) is 4.78. The third-order valence-corrected chi connectivity index (χ3v) is 3.83. The summed E-state index contributed by atoms with van der Waals surface area (Å²) in [5.41, 5.74) is -0.109. The van der Waals surface area contributed by atoms with Crippen molar-refractivity contribution in [3.63, 3.8) is 0 Å². The van der Waals surface area contributed by atoms with Gasteiger partial charge in [0, 0.05) is 23.5 Å². The van der Waals surface area contributed by atoms with Crippen LogP contribution in [0.5, 0.6) is 0 Å². The Balaban J connectivity index is 1.69. The molecule has 0 aliphatic rings. The van der Waals surface area contributed by atoms with E-state index in [1.165, 1.54) is 23.1 Å². The number of rotatable bonds is 5. The highest BCUT2D eigenvalue weighted by molar-refractivity contribution is 5.78. The van der Waals surface area contributed by atoms with Crippen LogP contribution in [0.25, 0.3) is 5.69 Å². The van der Waals surface area contributed by atoms with Crippen molar-refractivity contribution in [2.45, 2.75) is 19.4 Å². The van der Waals surface area contributed by atoms with E-state index in [2.05, 4.69) is 20.4 Å². The van der Waals surface area contributed by atoms with E-state index in [4.69, 9.17) is 0 Å². The lowest BCUT2D eigenvalue weighted by molar-refractivity contribution is -0.121. The molecule has 0 spiro atoms. The van der Waals surface area contributed by atoms with Gasteiger partial charge in [-0.05, 0) is 19.1 Å². The number of hydrogen-bond donors (Lipinski definition) is 3. The molecule has 0 bridgehead atoms. The van der Waals surface area contributed by atoms with Gasteiger partial charge in [-0.15, -0.1) is 0 Å². The van der Waals surface area contributed by atoms with E-state index in [1.807, 2.05) is 0 Å². The molecule has 134 valence electrons. The van der Waals surface area contributed by atoms with Crippen molar-refractivity contribution in [2.75, 3.05) is 0 Å². The lowest BCUT2D eigenvalue weighted by Crippen LogP contribution is -2.32. The van der Waals surface area contributed by atoms with Gasteiger partial charge >= 0.3 is 5.69 Å². The third-order valence-electron chi connectivity index (χ3n) is 3.83. The number of carbonyl (C=O) groups excluding carboxylic acids is 1. The molecule has 9 heteroatoms. The number of hydrogen-bond acceptors (Lipinski definition) is 4. The Labute approximate surface area is 146 Å². The fourth-order valence-corrected chi connectivity index (χ4v) is 2.45. The third kappa shape index (κ3) is 3.77. The van der Waals surface area contributed by atoms with E-state index < -0.39 is 29.0 Å². The van der Waals surface area contributed by atoms with Crippen molar-refractivity contribution in [3.8, 4) is 5.69 Å². The summed E-state index contributed by atoms with van der Waals surface area (Å²) in [4.78, 5) is 39.1. The van der Waals surface area contributed by atoms with Gasteiger partial charge in [-0.25, -0.2) is 13.9 Å². The number of H-pyrrole nitrogens is 2. The second-order valence-corrected chi connectivity index (χ2v) is 5.73. The topological polar surface area (TPSA) is 113 Å². The first-order valence-electron chi connectivity index (χ1n) is 7.84. The Morgan fingerprint density at radius 3 is 2.85 bits per heavy atom. The van der Waals surface area contributed by atoms with Crippen molar-refractivity contribution in [2.24, 2.45) is 0 Å². The van der Waals surface area contributed by atoms with Crippen molar-refractivity contribution < 1.29 is 9.18 Å². The van der Waals surface area contributed by atoms with Crippen LogP contribution < -0.4 is 16.6 Å². The quantitative estimate of drug-likeness (QED) is 0.627. The number of aromatic nitrogens is 4. The van der Waals surface area contributed by atoms with Gasteiger partial charge < -0.3 is 10.3 Å². The van der Waals surface area contributed by atoms with Gasteiger partial charge in [0.2, 0.25) is 5.91 Å². The summed E-state index contributed by atoms with van der Waals surface area (Å²) in [7, 11) is 0. The highest BCUT2D eigenvalue weighted by atomic mass is 19.1. The fourth-order valence-electron chi connectivity index (χ4n) is 2.45. The lowest BCUT2D eigenvalue weighted by Gasteiger charge is -2.11. The largest absolute Gasteiger partial charge is 0.349 e. The van der Waals surface area contributed by atoms with Gasteiger partial charge in [0.05, 0.1) is 18.7 Å². The first-order valence-corrected chi connectivity index (χ1v) is 7.84. The van der Waals surface area contributed by atoms with Gasteiger partial charge in [-0.1, -0.05) is 12.1 Å². The van der Waals surface area contributed by atoms with Crippen LogP contribution in [0.1, 0.15) is 24.1 Å². The molecule has 1 amide bonds. The molecule has 0 fully saturated rings. The van der Waals surface area contributed by atoms with Gasteiger partial charge in [-0.3, -0.25) is 14.6 Å². The summed E-state index contributed by atoms with van der Waals surface area (Å²) in [6.45, 7) is 1.75. The van der Waals surface area contributed by atoms with E-state index in [9.17, 15) is 18.8 Å². The van der Waals surface area contributed by atoms with Crippen LogP contribution in [-0.4, -0.2) is 25.7 Å². The Hall–Kier alpha value is -3.49.